The van der Waals surface area contributed by atoms with Crippen LogP contribution in [0.3, 0.4) is 0 Å². The van der Waals surface area contributed by atoms with Crippen LogP contribution in [0.25, 0.3) is 0 Å². The molecule has 0 radical (unpaired) electrons. The van der Waals surface area contributed by atoms with Gasteiger partial charge in [0.05, 0.1) is 19.8 Å². The Balaban J connectivity index is 1.50. The lowest BCUT2D eigenvalue weighted by Crippen LogP contribution is -2.32. The number of esters is 1. The zero-order chi connectivity index (χ0) is 23.8. The Labute approximate surface area is 195 Å². The Bertz CT molecular complexity index is 1070. The fourth-order valence-corrected chi connectivity index (χ4v) is 4.76. The van der Waals surface area contributed by atoms with Gasteiger partial charge in [-0.15, -0.1) is 11.3 Å². The first-order valence-electron chi connectivity index (χ1n) is 10.5. The fourth-order valence-electron chi connectivity index (χ4n) is 3.50. The van der Waals surface area contributed by atoms with Gasteiger partial charge in [-0.2, -0.15) is 5.26 Å². The maximum atomic E-state index is 12.3. The second-order valence-corrected chi connectivity index (χ2v) is 8.48. The van der Waals surface area contributed by atoms with Crippen molar-refractivity contribution in [1.29, 1.82) is 5.26 Å². The van der Waals surface area contributed by atoms with Crippen LogP contribution in [-0.2, 0) is 27.2 Å². The van der Waals surface area contributed by atoms with Crippen LogP contribution in [0.2, 0.25) is 0 Å². The van der Waals surface area contributed by atoms with Crippen LogP contribution >= 0.6 is 11.3 Å². The zero-order valence-electron chi connectivity index (χ0n) is 18.5. The molecule has 1 aromatic carbocycles. The molecule has 0 bridgehead atoms. The van der Waals surface area contributed by atoms with Crippen LogP contribution in [0.1, 0.15) is 45.6 Å². The predicted octanol–water partition coefficient (Wildman–Crippen LogP) is 2.82. The van der Waals surface area contributed by atoms with Gasteiger partial charge in [-0.05, 0) is 43.4 Å². The Morgan fingerprint density at radius 3 is 2.42 bits per heavy atom. The number of anilines is 1. The number of amides is 2. The summed E-state index contributed by atoms with van der Waals surface area (Å²) in [5.41, 5.74) is 1.76. The number of fused-ring (bicyclic) bond motifs is 1. The van der Waals surface area contributed by atoms with Gasteiger partial charge >= 0.3 is 5.97 Å². The maximum absolute atomic E-state index is 12.3. The summed E-state index contributed by atoms with van der Waals surface area (Å²) < 4.78 is 15.2. The minimum absolute atomic E-state index is 0.248. The van der Waals surface area contributed by atoms with Crippen LogP contribution in [0.4, 0.5) is 5.00 Å². The Morgan fingerprint density at radius 2 is 1.76 bits per heavy atom. The summed E-state index contributed by atoms with van der Waals surface area (Å²) in [6.45, 7) is -0.933. The van der Waals surface area contributed by atoms with Crippen LogP contribution in [0, 0.1) is 11.3 Å². The monoisotopic (exact) mass is 471 g/mol. The number of carbonyl (C=O) groups excluding carboxylic acids is 3. The number of thiophene rings is 1. The first-order chi connectivity index (χ1) is 15.9. The van der Waals surface area contributed by atoms with Crippen molar-refractivity contribution in [2.75, 3.05) is 32.7 Å². The molecule has 33 heavy (non-hydrogen) atoms. The number of nitrogens with one attached hydrogen (secondary N) is 2. The van der Waals surface area contributed by atoms with Crippen LogP contribution in [-0.4, -0.2) is 45.2 Å². The average molecular weight is 472 g/mol. The van der Waals surface area contributed by atoms with E-state index < -0.39 is 30.9 Å². The molecule has 1 heterocycles. The van der Waals surface area contributed by atoms with Crippen molar-refractivity contribution in [3.05, 3.63) is 39.8 Å². The van der Waals surface area contributed by atoms with Gasteiger partial charge in [0.15, 0.2) is 6.61 Å². The second-order valence-electron chi connectivity index (χ2n) is 7.37. The number of hydrogen-bond acceptors (Lipinski definition) is 8. The number of hydrogen-bond donors (Lipinski definition) is 2. The molecule has 1 aliphatic carbocycles. The van der Waals surface area contributed by atoms with Crippen molar-refractivity contribution >= 4 is 34.1 Å². The molecule has 2 amide bonds. The lowest BCUT2D eigenvalue weighted by atomic mass is 10.1. The minimum Gasteiger partial charge on any atom is -0.497 e. The van der Waals surface area contributed by atoms with Gasteiger partial charge in [-0.25, -0.2) is 0 Å². The van der Waals surface area contributed by atoms with Gasteiger partial charge in [0, 0.05) is 16.5 Å². The number of methoxy groups -OCH3 is 2. The van der Waals surface area contributed by atoms with Gasteiger partial charge in [-0.3, -0.25) is 14.4 Å². The number of rotatable bonds is 8. The third kappa shape index (κ3) is 6.23. The summed E-state index contributed by atoms with van der Waals surface area (Å²) in [6, 6.07) is 6.82. The van der Waals surface area contributed by atoms with E-state index in [0.29, 0.717) is 22.1 Å². The molecule has 9 nitrogen and oxygen atoms in total. The van der Waals surface area contributed by atoms with Gasteiger partial charge in [0.1, 0.15) is 29.1 Å². The standard InChI is InChI=1S/C23H25N3O6S/c1-30-15-8-14(9-16(10-15)31-2)22(29)25-12-21(28)32-13-20(27)26-23-18(11-24)17-6-4-3-5-7-19(17)33-23/h8-10H,3-7,12-13H2,1-2H3,(H,25,29)(H,26,27). The summed E-state index contributed by atoms with van der Waals surface area (Å²) in [4.78, 5) is 37.7. The van der Waals surface area contributed by atoms with Gasteiger partial charge < -0.3 is 24.8 Å². The third-order valence-electron chi connectivity index (χ3n) is 5.16. The number of aryl methyl sites for hydroxylation is 1. The molecule has 3 rings (SSSR count). The highest BCUT2D eigenvalue weighted by atomic mass is 32.1. The summed E-state index contributed by atoms with van der Waals surface area (Å²) in [5, 5.41) is 15.1. The largest absolute Gasteiger partial charge is 0.497 e. The molecular weight excluding hydrogens is 446 g/mol. The normalized spacial score (nSPS) is 12.5. The molecule has 0 spiro atoms. The van der Waals surface area contributed by atoms with Crippen molar-refractivity contribution in [3.8, 4) is 17.6 Å². The number of ether oxygens (including phenoxy) is 3. The van der Waals surface area contributed by atoms with Crippen molar-refractivity contribution in [2.45, 2.75) is 32.1 Å². The highest BCUT2D eigenvalue weighted by Crippen LogP contribution is 2.36. The Hall–Kier alpha value is -3.58. The molecule has 0 atom stereocenters. The molecule has 0 fully saturated rings. The van der Waals surface area contributed by atoms with E-state index in [2.05, 4.69) is 16.7 Å². The van der Waals surface area contributed by atoms with E-state index in [4.69, 9.17) is 14.2 Å². The topological polar surface area (TPSA) is 127 Å². The van der Waals surface area contributed by atoms with Crippen molar-refractivity contribution in [2.24, 2.45) is 0 Å². The predicted molar refractivity (Wildman–Crippen MR) is 122 cm³/mol. The first kappa shape index (κ1) is 24.1. The van der Waals surface area contributed by atoms with Crippen molar-refractivity contribution < 1.29 is 28.6 Å². The molecule has 1 aliphatic rings. The number of nitriles is 1. The lowest BCUT2D eigenvalue weighted by molar-refractivity contribution is -0.146. The minimum atomic E-state index is -0.768. The van der Waals surface area contributed by atoms with E-state index in [1.807, 2.05) is 0 Å². The van der Waals surface area contributed by atoms with Crippen molar-refractivity contribution in [3.63, 3.8) is 0 Å². The quantitative estimate of drug-likeness (QED) is 0.448. The Morgan fingerprint density at radius 1 is 1.06 bits per heavy atom. The molecule has 2 aromatic rings. The molecule has 174 valence electrons. The summed E-state index contributed by atoms with van der Waals surface area (Å²) in [6.07, 6.45) is 4.96. The van der Waals surface area contributed by atoms with Gasteiger partial charge in [-0.1, -0.05) is 6.42 Å². The fraction of sp³-hybridized carbons (Fsp3) is 0.391. The van der Waals surface area contributed by atoms with Crippen molar-refractivity contribution in [1.82, 2.24) is 5.32 Å². The number of benzene rings is 1. The highest BCUT2D eigenvalue weighted by molar-refractivity contribution is 7.16. The third-order valence-corrected chi connectivity index (χ3v) is 6.36. The van der Waals surface area contributed by atoms with Crippen LogP contribution in [0.15, 0.2) is 18.2 Å². The molecule has 2 N–H and O–H groups in total. The highest BCUT2D eigenvalue weighted by Gasteiger charge is 2.21. The smallest absolute Gasteiger partial charge is 0.325 e. The number of carbonyl (C=O) groups is 3. The SMILES string of the molecule is COc1cc(OC)cc(C(=O)NCC(=O)OCC(=O)Nc2sc3c(c2C#N)CCCCC3)c1. The summed E-state index contributed by atoms with van der Waals surface area (Å²) in [5.74, 6) is -0.967. The van der Waals surface area contributed by atoms with E-state index in [9.17, 15) is 19.6 Å². The number of nitrogens with zero attached hydrogens (tertiary/aromatic N) is 1. The molecule has 0 saturated heterocycles. The molecule has 0 saturated carbocycles. The zero-order valence-corrected chi connectivity index (χ0v) is 19.3. The van der Waals surface area contributed by atoms with Gasteiger partial charge in [0.2, 0.25) is 0 Å². The maximum Gasteiger partial charge on any atom is 0.325 e. The molecular formula is C23H25N3O6S. The van der Waals surface area contributed by atoms with Crippen LogP contribution in [0.5, 0.6) is 11.5 Å². The van der Waals surface area contributed by atoms with E-state index in [1.165, 1.54) is 37.7 Å². The average Bonchev–Trinajstić information content (AvgIpc) is 2.98. The first-order valence-corrected chi connectivity index (χ1v) is 11.3. The lowest BCUT2D eigenvalue weighted by Gasteiger charge is -2.09. The van der Waals surface area contributed by atoms with Crippen LogP contribution < -0.4 is 20.1 Å². The van der Waals surface area contributed by atoms with E-state index in [0.717, 1.165) is 42.5 Å². The molecule has 1 aromatic heterocycles. The van der Waals surface area contributed by atoms with Gasteiger partial charge in [0.25, 0.3) is 11.8 Å². The Kier molecular flexibility index (Phi) is 8.27. The summed E-state index contributed by atoms with van der Waals surface area (Å²) in [7, 11) is 2.93. The molecule has 0 unspecified atom stereocenters. The second kappa shape index (κ2) is 11.3. The van der Waals surface area contributed by atoms with E-state index >= 15 is 0 Å². The molecule has 10 heteroatoms. The van der Waals surface area contributed by atoms with E-state index in [1.54, 1.807) is 6.07 Å². The summed E-state index contributed by atoms with van der Waals surface area (Å²) >= 11 is 1.41. The molecule has 0 aliphatic heterocycles. The van der Waals surface area contributed by atoms with E-state index in [-0.39, 0.29) is 5.56 Å².